The lowest BCUT2D eigenvalue weighted by Crippen LogP contribution is -2.39. The number of hydrogen-bond donors (Lipinski definition) is 1. The number of likely N-dealkylation sites (N-methyl/N-ethyl adjacent to an activating group) is 1. The summed E-state index contributed by atoms with van der Waals surface area (Å²) >= 11 is 1.86. The van der Waals surface area contributed by atoms with Gasteiger partial charge in [0.1, 0.15) is 0 Å². The summed E-state index contributed by atoms with van der Waals surface area (Å²) in [5, 5.41) is 5.40. The van der Waals surface area contributed by atoms with Gasteiger partial charge in [0.2, 0.25) is 0 Å². The molecule has 1 heterocycles. The van der Waals surface area contributed by atoms with E-state index in [0.29, 0.717) is 12.0 Å². The molecule has 0 saturated heterocycles. The van der Waals surface area contributed by atoms with Crippen molar-refractivity contribution in [2.75, 3.05) is 27.2 Å². The molecule has 0 radical (unpaired) electrons. The van der Waals surface area contributed by atoms with Crippen molar-refractivity contribution in [2.45, 2.75) is 26.3 Å². The van der Waals surface area contributed by atoms with Crippen LogP contribution >= 0.6 is 11.3 Å². The summed E-state index contributed by atoms with van der Waals surface area (Å²) in [7, 11) is 4.25. The molecular formula is C13H24N2S. The van der Waals surface area contributed by atoms with Crippen molar-refractivity contribution in [2.24, 2.45) is 5.92 Å². The minimum absolute atomic E-state index is 0.632. The van der Waals surface area contributed by atoms with Gasteiger partial charge in [0.15, 0.2) is 0 Å². The fraction of sp³-hybridized carbons (Fsp3) is 0.692. The molecule has 1 N–H and O–H groups in total. The molecule has 3 heteroatoms. The van der Waals surface area contributed by atoms with Gasteiger partial charge in [0, 0.05) is 17.5 Å². The number of thiophene rings is 1. The largest absolute Gasteiger partial charge is 0.319 e. The molecule has 0 spiro atoms. The Bertz CT molecular complexity index is 271. The average molecular weight is 240 g/mol. The van der Waals surface area contributed by atoms with E-state index in [2.05, 4.69) is 48.6 Å². The molecular weight excluding hydrogens is 216 g/mol. The minimum atomic E-state index is 0.632. The number of rotatable bonds is 7. The highest BCUT2D eigenvalue weighted by atomic mass is 32.1. The lowest BCUT2D eigenvalue weighted by atomic mass is 10.0. The van der Waals surface area contributed by atoms with E-state index in [4.69, 9.17) is 0 Å². The number of hydrogen-bond acceptors (Lipinski definition) is 3. The van der Waals surface area contributed by atoms with Crippen LogP contribution in [0.15, 0.2) is 17.5 Å². The Balaban J connectivity index is 2.31. The summed E-state index contributed by atoms with van der Waals surface area (Å²) in [6, 6.07) is 4.99. The summed E-state index contributed by atoms with van der Waals surface area (Å²) in [5.41, 5.74) is 0. The molecule has 0 aliphatic carbocycles. The van der Waals surface area contributed by atoms with Gasteiger partial charge in [-0.2, -0.15) is 0 Å². The monoisotopic (exact) mass is 240 g/mol. The zero-order valence-corrected chi connectivity index (χ0v) is 11.7. The van der Waals surface area contributed by atoms with Crippen molar-refractivity contribution in [1.29, 1.82) is 0 Å². The summed E-state index contributed by atoms with van der Waals surface area (Å²) < 4.78 is 0. The van der Waals surface area contributed by atoms with Crippen LogP contribution in [-0.4, -0.2) is 38.1 Å². The molecule has 92 valence electrons. The molecule has 0 aliphatic heterocycles. The molecule has 16 heavy (non-hydrogen) atoms. The van der Waals surface area contributed by atoms with E-state index >= 15 is 0 Å². The predicted octanol–water partition coefficient (Wildman–Crippen LogP) is 2.47. The van der Waals surface area contributed by atoms with Crippen molar-refractivity contribution >= 4 is 11.3 Å². The van der Waals surface area contributed by atoms with Gasteiger partial charge in [-0.3, -0.25) is 0 Å². The zero-order valence-electron chi connectivity index (χ0n) is 10.9. The first-order valence-electron chi connectivity index (χ1n) is 6.02. The summed E-state index contributed by atoms with van der Waals surface area (Å²) in [5.74, 6) is 0.693. The Morgan fingerprint density at radius 3 is 2.75 bits per heavy atom. The van der Waals surface area contributed by atoms with Crippen molar-refractivity contribution in [1.82, 2.24) is 10.2 Å². The third-order valence-electron chi connectivity index (χ3n) is 3.34. The molecule has 2 atom stereocenters. The Kier molecular flexibility index (Phi) is 6.03. The molecule has 0 fully saturated rings. The Morgan fingerprint density at radius 2 is 2.19 bits per heavy atom. The van der Waals surface area contributed by atoms with Crippen molar-refractivity contribution in [3.8, 4) is 0 Å². The highest BCUT2D eigenvalue weighted by Gasteiger charge is 2.15. The zero-order chi connectivity index (χ0) is 12.0. The SMILES string of the molecule is CNCC(C)C(C)N(C)CCc1cccs1. The van der Waals surface area contributed by atoms with E-state index in [1.807, 2.05) is 18.4 Å². The molecule has 0 bridgehead atoms. The molecule has 2 unspecified atom stereocenters. The van der Waals surface area contributed by atoms with Gasteiger partial charge in [-0.1, -0.05) is 13.0 Å². The summed E-state index contributed by atoms with van der Waals surface area (Å²) in [6.45, 7) is 6.86. The van der Waals surface area contributed by atoms with Crippen molar-refractivity contribution in [3.63, 3.8) is 0 Å². The Hall–Kier alpha value is -0.380. The molecule has 0 aromatic carbocycles. The number of nitrogens with zero attached hydrogens (tertiary/aromatic N) is 1. The van der Waals surface area contributed by atoms with E-state index in [1.165, 1.54) is 11.3 Å². The summed E-state index contributed by atoms with van der Waals surface area (Å²) in [4.78, 5) is 3.95. The van der Waals surface area contributed by atoms with Crippen LogP contribution in [0.1, 0.15) is 18.7 Å². The van der Waals surface area contributed by atoms with Gasteiger partial charge in [0.05, 0.1) is 0 Å². The highest BCUT2D eigenvalue weighted by Crippen LogP contribution is 2.12. The van der Waals surface area contributed by atoms with Crippen molar-refractivity contribution < 1.29 is 0 Å². The molecule has 1 aromatic heterocycles. The maximum absolute atomic E-state index is 3.25. The van der Waals surface area contributed by atoms with Gasteiger partial charge in [-0.05, 0) is 51.3 Å². The first-order chi connectivity index (χ1) is 7.65. The van der Waals surface area contributed by atoms with Gasteiger partial charge in [-0.15, -0.1) is 11.3 Å². The van der Waals surface area contributed by atoms with Gasteiger partial charge < -0.3 is 10.2 Å². The maximum atomic E-state index is 3.25. The maximum Gasteiger partial charge on any atom is 0.0102 e. The average Bonchev–Trinajstić information content (AvgIpc) is 2.78. The van der Waals surface area contributed by atoms with Crippen LogP contribution in [0.2, 0.25) is 0 Å². The van der Waals surface area contributed by atoms with Crippen LogP contribution in [0.4, 0.5) is 0 Å². The molecule has 1 rings (SSSR count). The van der Waals surface area contributed by atoms with Gasteiger partial charge in [-0.25, -0.2) is 0 Å². The normalized spacial score (nSPS) is 15.3. The molecule has 1 aromatic rings. The summed E-state index contributed by atoms with van der Waals surface area (Å²) in [6.07, 6.45) is 1.17. The molecule has 0 saturated carbocycles. The Labute approximate surface area is 104 Å². The highest BCUT2D eigenvalue weighted by molar-refractivity contribution is 7.09. The van der Waals surface area contributed by atoms with Crippen molar-refractivity contribution in [3.05, 3.63) is 22.4 Å². The van der Waals surface area contributed by atoms with Gasteiger partial charge in [0.25, 0.3) is 0 Å². The van der Waals surface area contributed by atoms with E-state index in [9.17, 15) is 0 Å². The lowest BCUT2D eigenvalue weighted by molar-refractivity contribution is 0.200. The fourth-order valence-corrected chi connectivity index (χ4v) is 2.57. The standard InChI is InChI=1S/C13H24N2S/c1-11(10-14-3)12(2)15(4)8-7-13-6-5-9-16-13/h5-6,9,11-12,14H,7-8,10H2,1-4H3. The first kappa shape index (κ1) is 13.7. The fourth-order valence-electron chi connectivity index (χ4n) is 1.87. The molecule has 0 amide bonds. The van der Waals surface area contributed by atoms with Crippen LogP contribution in [0.3, 0.4) is 0 Å². The minimum Gasteiger partial charge on any atom is -0.319 e. The number of nitrogens with one attached hydrogen (secondary N) is 1. The smallest absolute Gasteiger partial charge is 0.0102 e. The second kappa shape index (κ2) is 7.05. The van der Waals surface area contributed by atoms with Gasteiger partial charge >= 0.3 is 0 Å². The first-order valence-corrected chi connectivity index (χ1v) is 6.90. The van der Waals surface area contributed by atoms with Crippen LogP contribution < -0.4 is 5.32 Å². The quantitative estimate of drug-likeness (QED) is 0.787. The topological polar surface area (TPSA) is 15.3 Å². The molecule has 0 aliphatic rings. The van der Waals surface area contributed by atoms with Crippen LogP contribution in [0.5, 0.6) is 0 Å². The van der Waals surface area contributed by atoms with Crippen LogP contribution in [0.25, 0.3) is 0 Å². The third kappa shape index (κ3) is 4.24. The van der Waals surface area contributed by atoms with E-state index < -0.39 is 0 Å². The van der Waals surface area contributed by atoms with E-state index in [1.54, 1.807) is 0 Å². The molecule has 2 nitrogen and oxygen atoms in total. The lowest BCUT2D eigenvalue weighted by Gasteiger charge is -2.29. The second-order valence-corrected chi connectivity index (χ2v) is 5.62. The van der Waals surface area contributed by atoms with Crippen LogP contribution in [0, 0.1) is 5.92 Å². The van der Waals surface area contributed by atoms with Crippen LogP contribution in [-0.2, 0) is 6.42 Å². The Morgan fingerprint density at radius 1 is 1.44 bits per heavy atom. The predicted molar refractivity (Wildman–Crippen MR) is 73.2 cm³/mol. The third-order valence-corrected chi connectivity index (χ3v) is 4.27. The van der Waals surface area contributed by atoms with E-state index in [0.717, 1.165) is 13.1 Å². The van der Waals surface area contributed by atoms with E-state index in [-0.39, 0.29) is 0 Å². The second-order valence-electron chi connectivity index (χ2n) is 4.59.